The Morgan fingerprint density at radius 3 is 2.53 bits per heavy atom. The highest BCUT2D eigenvalue weighted by molar-refractivity contribution is 5.65. The van der Waals surface area contributed by atoms with Gasteiger partial charge in [-0.15, -0.1) is 0 Å². The molecular formula is C23H20N6O3. The molecule has 0 aliphatic heterocycles. The molecule has 160 valence electrons. The summed E-state index contributed by atoms with van der Waals surface area (Å²) in [5.41, 5.74) is 3.64. The zero-order chi connectivity index (χ0) is 22.1. The van der Waals surface area contributed by atoms with Crippen molar-refractivity contribution < 1.29 is 9.26 Å². The summed E-state index contributed by atoms with van der Waals surface area (Å²) in [5, 5.41) is 12.7. The van der Waals surface area contributed by atoms with Crippen LogP contribution in [0.25, 0.3) is 28.2 Å². The number of aryl methyl sites for hydroxylation is 1. The van der Waals surface area contributed by atoms with Gasteiger partial charge in [0, 0.05) is 11.1 Å². The van der Waals surface area contributed by atoms with E-state index in [4.69, 9.17) is 9.26 Å². The molecule has 3 aromatic heterocycles. The fraction of sp³-hybridized carbons (Fsp3) is 0.174. The maximum atomic E-state index is 13.0. The number of hydrogen-bond acceptors (Lipinski definition) is 7. The van der Waals surface area contributed by atoms with Gasteiger partial charge in [-0.25, -0.2) is 9.20 Å². The van der Waals surface area contributed by atoms with Crippen LogP contribution in [-0.4, -0.2) is 36.1 Å². The molecule has 0 amide bonds. The van der Waals surface area contributed by atoms with Crippen molar-refractivity contribution in [1.82, 2.24) is 29.5 Å². The van der Waals surface area contributed by atoms with E-state index in [0.717, 1.165) is 22.4 Å². The number of hydrogen-bond donors (Lipinski definition) is 0. The molecule has 0 N–H and O–H groups in total. The monoisotopic (exact) mass is 428 g/mol. The molecule has 0 spiro atoms. The Morgan fingerprint density at radius 2 is 1.78 bits per heavy atom. The van der Waals surface area contributed by atoms with Gasteiger partial charge in [0.05, 0.1) is 12.3 Å². The van der Waals surface area contributed by atoms with Gasteiger partial charge in [-0.1, -0.05) is 35.0 Å². The van der Waals surface area contributed by atoms with Crippen molar-refractivity contribution in [3.63, 3.8) is 0 Å². The van der Waals surface area contributed by atoms with Gasteiger partial charge in [0.1, 0.15) is 24.1 Å². The average Bonchev–Trinajstić information content (AvgIpc) is 3.45. The van der Waals surface area contributed by atoms with Crippen LogP contribution in [0.3, 0.4) is 0 Å². The molecule has 2 aromatic carbocycles. The Balaban J connectivity index is 1.41. The van der Waals surface area contributed by atoms with Crippen LogP contribution in [0.1, 0.15) is 18.4 Å². The molecule has 0 saturated carbocycles. The number of rotatable bonds is 6. The van der Waals surface area contributed by atoms with E-state index in [0.29, 0.717) is 29.5 Å². The van der Waals surface area contributed by atoms with Crippen molar-refractivity contribution in [2.45, 2.75) is 20.4 Å². The second-order valence-corrected chi connectivity index (χ2v) is 7.29. The zero-order valence-corrected chi connectivity index (χ0v) is 17.6. The average molecular weight is 428 g/mol. The van der Waals surface area contributed by atoms with Gasteiger partial charge >= 0.3 is 0 Å². The summed E-state index contributed by atoms with van der Waals surface area (Å²) < 4.78 is 13.6. The fourth-order valence-corrected chi connectivity index (χ4v) is 3.35. The molecule has 0 fully saturated rings. The predicted molar refractivity (Wildman–Crippen MR) is 117 cm³/mol. The van der Waals surface area contributed by atoms with Crippen molar-refractivity contribution in [1.29, 1.82) is 0 Å². The second kappa shape index (κ2) is 8.10. The first kappa shape index (κ1) is 19.7. The summed E-state index contributed by atoms with van der Waals surface area (Å²) in [6, 6.07) is 17.1. The van der Waals surface area contributed by atoms with Gasteiger partial charge in [0.2, 0.25) is 11.7 Å². The minimum atomic E-state index is -0.299. The Labute approximate surface area is 182 Å². The predicted octanol–water partition coefficient (Wildman–Crippen LogP) is 3.36. The summed E-state index contributed by atoms with van der Waals surface area (Å²) in [6.45, 7) is 4.62. The number of fused-ring (bicyclic) bond motifs is 1. The van der Waals surface area contributed by atoms with Crippen LogP contribution in [-0.2, 0) is 6.54 Å². The van der Waals surface area contributed by atoms with Crippen LogP contribution in [0, 0.1) is 6.92 Å². The lowest BCUT2D eigenvalue weighted by Crippen LogP contribution is -2.25. The van der Waals surface area contributed by atoms with Crippen molar-refractivity contribution >= 4 is 5.52 Å². The molecule has 9 nitrogen and oxygen atoms in total. The third-order valence-corrected chi connectivity index (χ3v) is 5.01. The first-order valence-electron chi connectivity index (χ1n) is 10.2. The van der Waals surface area contributed by atoms with Gasteiger partial charge < -0.3 is 9.26 Å². The number of ether oxygens (including phenoxy) is 1. The van der Waals surface area contributed by atoms with Crippen LogP contribution in [0.2, 0.25) is 0 Å². The lowest BCUT2D eigenvalue weighted by atomic mass is 10.1. The molecular weight excluding hydrogens is 408 g/mol. The quantitative estimate of drug-likeness (QED) is 0.409. The summed E-state index contributed by atoms with van der Waals surface area (Å²) in [6.07, 6.45) is 1.49. The molecule has 32 heavy (non-hydrogen) atoms. The second-order valence-electron chi connectivity index (χ2n) is 7.29. The van der Waals surface area contributed by atoms with Gasteiger partial charge in [-0.2, -0.15) is 15.2 Å². The molecule has 0 radical (unpaired) electrons. The van der Waals surface area contributed by atoms with Crippen molar-refractivity contribution in [2.75, 3.05) is 6.61 Å². The van der Waals surface area contributed by atoms with E-state index in [1.165, 1.54) is 15.5 Å². The maximum absolute atomic E-state index is 13.0. The van der Waals surface area contributed by atoms with Gasteiger partial charge in [0.25, 0.3) is 5.56 Å². The van der Waals surface area contributed by atoms with Crippen molar-refractivity contribution in [3.05, 3.63) is 82.7 Å². The van der Waals surface area contributed by atoms with E-state index in [2.05, 4.69) is 20.3 Å². The minimum absolute atomic E-state index is 0.0672. The smallest absolute Gasteiger partial charge is 0.293 e. The first-order chi connectivity index (χ1) is 15.6. The fourth-order valence-electron chi connectivity index (χ4n) is 3.35. The molecule has 5 aromatic rings. The Hall–Kier alpha value is -4.27. The SMILES string of the molecule is CCOc1ccc(-c2cc3c(=O)n(Cc4nc(-c5ccc(C)cc5)no4)ncn3n2)cc1. The van der Waals surface area contributed by atoms with Gasteiger partial charge in [-0.3, -0.25) is 4.79 Å². The van der Waals surface area contributed by atoms with Crippen LogP contribution in [0.5, 0.6) is 5.75 Å². The molecule has 0 atom stereocenters. The minimum Gasteiger partial charge on any atom is -0.494 e. The highest BCUT2D eigenvalue weighted by atomic mass is 16.5. The zero-order valence-electron chi connectivity index (χ0n) is 17.6. The molecule has 5 rings (SSSR count). The van der Waals surface area contributed by atoms with E-state index in [-0.39, 0.29) is 12.1 Å². The largest absolute Gasteiger partial charge is 0.494 e. The summed E-state index contributed by atoms with van der Waals surface area (Å²) in [7, 11) is 0. The van der Waals surface area contributed by atoms with Crippen LogP contribution < -0.4 is 10.3 Å². The third-order valence-electron chi connectivity index (χ3n) is 5.01. The summed E-state index contributed by atoms with van der Waals surface area (Å²) in [5.74, 6) is 1.55. The summed E-state index contributed by atoms with van der Waals surface area (Å²) in [4.78, 5) is 17.4. The molecule has 0 aliphatic rings. The van der Waals surface area contributed by atoms with Crippen molar-refractivity contribution in [3.8, 4) is 28.4 Å². The van der Waals surface area contributed by atoms with E-state index >= 15 is 0 Å². The topological polar surface area (TPSA) is 100 Å². The Kier molecular flexibility index (Phi) is 4.98. The highest BCUT2D eigenvalue weighted by Crippen LogP contribution is 2.22. The molecule has 0 unspecified atom stereocenters. The van der Waals surface area contributed by atoms with Crippen LogP contribution >= 0.6 is 0 Å². The highest BCUT2D eigenvalue weighted by Gasteiger charge is 2.14. The molecule has 3 heterocycles. The molecule has 0 bridgehead atoms. The van der Waals surface area contributed by atoms with E-state index in [1.54, 1.807) is 6.07 Å². The van der Waals surface area contributed by atoms with Crippen LogP contribution in [0.4, 0.5) is 0 Å². The number of aromatic nitrogens is 6. The van der Waals surface area contributed by atoms with E-state index in [1.807, 2.05) is 62.4 Å². The van der Waals surface area contributed by atoms with Gasteiger partial charge in [-0.05, 0) is 44.2 Å². The standard InChI is InChI=1S/C23H20N6O3/c1-3-31-18-10-8-16(9-11-18)19-12-20-23(30)28(24-14-29(20)26-19)13-21-25-22(27-32-21)17-6-4-15(2)5-7-17/h4-12,14H,3,13H2,1-2H3. The maximum Gasteiger partial charge on any atom is 0.293 e. The van der Waals surface area contributed by atoms with Crippen LogP contribution in [0.15, 0.2) is 70.2 Å². The lowest BCUT2D eigenvalue weighted by molar-refractivity contribution is 0.340. The van der Waals surface area contributed by atoms with E-state index in [9.17, 15) is 4.79 Å². The Morgan fingerprint density at radius 1 is 1.03 bits per heavy atom. The molecule has 9 heteroatoms. The Bertz CT molecular complexity index is 1430. The molecule has 0 aliphatic carbocycles. The number of benzene rings is 2. The normalized spacial score (nSPS) is 11.2. The first-order valence-corrected chi connectivity index (χ1v) is 10.2. The molecule has 0 saturated heterocycles. The third kappa shape index (κ3) is 3.76. The van der Waals surface area contributed by atoms with Gasteiger partial charge in [0.15, 0.2) is 0 Å². The number of nitrogens with zero attached hydrogens (tertiary/aromatic N) is 6. The lowest BCUT2D eigenvalue weighted by Gasteiger charge is -2.02. The summed E-state index contributed by atoms with van der Waals surface area (Å²) >= 11 is 0. The van der Waals surface area contributed by atoms with E-state index < -0.39 is 0 Å². The van der Waals surface area contributed by atoms with Crippen molar-refractivity contribution in [2.24, 2.45) is 0 Å².